The first-order valence-corrected chi connectivity index (χ1v) is 8.62. The number of carbonyl (C=O) groups excluding carboxylic acids is 1. The van der Waals surface area contributed by atoms with Gasteiger partial charge in [-0.3, -0.25) is 14.7 Å². The molecule has 0 spiro atoms. The largest absolute Gasteiger partial charge is 0.369 e. The van der Waals surface area contributed by atoms with Crippen LogP contribution in [0.1, 0.15) is 26.7 Å². The molecule has 1 aliphatic rings. The maximum Gasteiger partial charge on any atom is 0.231 e. The van der Waals surface area contributed by atoms with E-state index >= 15 is 0 Å². The summed E-state index contributed by atoms with van der Waals surface area (Å²) in [6.45, 7) is 7.44. The summed E-state index contributed by atoms with van der Waals surface area (Å²) in [6.07, 6.45) is 4.12. The smallest absolute Gasteiger partial charge is 0.231 e. The van der Waals surface area contributed by atoms with E-state index in [-0.39, 0.29) is 34.6 Å². The van der Waals surface area contributed by atoms with Gasteiger partial charge in [0.1, 0.15) is 0 Å². The van der Waals surface area contributed by atoms with Gasteiger partial charge in [0.25, 0.3) is 0 Å². The third kappa shape index (κ3) is 8.42. The van der Waals surface area contributed by atoms with Gasteiger partial charge in [-0.1, -0.05) is 0 Å². The van der Waals surface area contributed by atoms with Crippen molar-refractivity contribution in [1.82, 2.24) is 15.5 Å². The fourth-order valence-electron chi connectivity index (χ4n) is 2.21. The predicted molar refractivity (Wildman–Crippen MR) is 106 cm³/mol. The van der Waals surface area contributed by atoms with Crippen LogP contribution in [0.4, 0.5) is 0 Å². The van der Waals surface area contributed by atoms with Gasteiger partial charge in [-0.25, -0.2) is 0 Å². The molecule has 1 heterocycles. The van der Waals surface area contributed by atoms with Crippen molar-refractivity contribution in [2.75, 3.05) is 39.5 Å². The number of nitrogens with two attached hydrogens (primary N) is 1. The van der Waals surface area contributed by atoms with E-state index in [1.165, 1.54) is 0 Å². The highest BCUT2D eigenvalue weighted by molar-refractivity contribution is 14.0. The second-order valence-corrected chi connectivity index (χ2v) is 7.56. The standard InChI is InChI=1S/C14H29N5OS.HI/c1-14(2,21-4)10-17-13(16-3)18-11-5-7-19(8-6-11)9-12(15)20;/h11H,5-10H2,1-4H3,(H2,15,20)(H2,16,17,18);1H. The minimum Gasteiger partial charge on any atom is -0.369 e. The molecule has 4 N–H and O–H groups in total. The van der Waals surface area contributed by atoms with Crippen molar-refractivity contribution in [2.45, 2.75) is 37.5 Å². The quantitative estimate of drug-likeness (QED) is 0.322. The number of hydrogen-bond donors (Lipinski definition) is 3. The molecule has 0 saturated carbocycles. The van der Waals surface area contributed by atoms with Crippen molar-refractivity contribution in [1.29, 1.82) is 0 Å². The molecule has 0 aliphatic carbocycles. The van der Waals surface area contributed by atoms with Crippen LogP contribution in [-0.4, -0.2) is 67.0 Å². The first-order chi connectivity index (χ1) is 9.86. The third-order valence-corrected chi connectivity index (χ3v) is 5.02. The number of guanidine groups is 1. The molecule has 1 saturated heterocycles. The summed E-state index contributed by atoms with van der Waals surface area (Å²) in [5.74, 6) is 0.601. The molecule has 0 radical (unpaired) electrons. The molecule has 0 atom stereocenters. The number of halogens is 1. The summed E-state index contributed by atoms with van der Waals surface area (Å²) >= 11 is 1.84. The fourth-order valence-corrected chi connectivity index (χ4v) is 2.43. The Kier molecular flexibility index (Phi) is 10.4. The van der Waals surface area contributed by atoms with Crippen LogP contribution >= 0.6 is 35.7 Å². The highest BCUT2D eigenvalue weighted by atomic mass is 127. The third-order valence-electron chi connectivity index (χ3n) is 3.77. The number of aliphatic imine (C=N–C) groups is 1. The molecule has 1 rings (SSSR count). The van der Waals surface area contributed by atoms with Gasteiger partial charge in [0.05, 0.1) is 6.54 Å². The Bertz CT molecular complexity index is 370. The summed E-state index contributed by atoms with van der Waals surface area (Å²) < 4.78 is 0.183. The molecular formula is C14H30IN5OS. The zero-order chi connectivity index (χ0) is 15.9. The van der Waals surface area contributed by atoms with Gasteiger partial charge in [0, 0.05) is 37.5 Å². The Balaban J connectivity index is 0.00000441. The van der Waals surface area contributed by atoms with E-state index < -0.39 is 0 Å². The van der Waals surface area contributed by atoms with Crippen LogP contribution in [-0.2, 0) is 4.79 Å². The highest BCUT2D eigenvalue weighted by Gasteiger charge is 2.22. The average molecular weight is 443 g/mol. The molecule has 6 nitrogen and oxygen atoms in total. The summed E-state index contributed by atoms with van der Waals surface area (Å²) in [6, 6.07) is 0.401. The van der Waals surface area contributed by atoms with E-state index in [0.29, 0.717) is 12.6 Å². The van der Waals surface area contributed by atoms with Gasteiger partial charge < -0.3 is 16.4 Å². The maximum atomic E-state index is 10.9. The Morgan fingerprint density at radius 2 is 2.00 bits per heavy atom. The fraction of sp³-hybridized carbons (Fsp3) is 0.857. The van der Waals surface area contributed by atoms with Crippen LogP contribution in [0.25, 0.3) is 0 Å². The number of primary amides is 1. The Labute approximate surface area is 155 Å². The number of amides is 1. The van der Waals surface area contributed by atoms with Crippen LogP contribution in [0, 0.1) is 0 Å². The van der Waals surface area contributed by atoms with Gasteiger partial charge in [-0.2, -0.15) is 11.8 Å². The second-order valence-electron chi connectivity index (χ2n) is 6.05. The van der Waals surface area contributed by atoms with Crippen LogP contribution in [0.3, 0.4) is 0 Å². The summed E-state index contributed by atoms with van der Waals surface area (Å²) in [5, 5.41) is 6.84. The molecule has 0 aromatic carbocycles. The highest BCUT2D eigenvalue weighted by Crippen LogP contribution is 2.19. The molecule has 0 aromatic rings. The number of hydrogen-bond acceptors (Lipinski definition) is 4. The van der Waals surface area contributed by atoms with Crippen molar-refractivity contribution < 1.29 is 4.79 Å². The molecule has 1 amide bonds. The zero-order valence-corrected chi connectivity index (χ0v) is 17.2. The van der Waals surface area contributed by atoms with Crippen molar-refractivity contribution in [3.63, 3.8) is 0 Å². The molecule has 130 valence electrons. The van der Waals surface area contributed by atoms with Crippen molar-refractivity contribution in [3.8, 4) is 0 Å². The normalized spacial score (nSPS) is 17.7. The topological polar surface area (TPSA) is 82.8 Å². The lowest BCUT2D eigenvalue weighted by Gasteiger charge is -2.32. The summed E-state index contributed by atoms with van der Waals surface area (Å²) in [7, 11) is 1.80. The molecule has 1 aliphatic heterocycles. The Morgan fingerprint density at radius 1 is 1.41 bits per heavy atom. The lowest BCUT2D eigenvalue weighted by Crippen LogP contribution is -2.51. The molecule has 0 unspecified atom stereocenters. The van der Waals surface area contributed by atoms with Gasteiger partial charge in [0.2, 0.25) is 5.91 Å². The number of nitrogens with zero attached hydrogens (tertiary/aromatic N) is 2. The minimum atomic E-state index is -0.252. The van der Waals surface area contributed by atoms with Crippen molar-refractivity contribution >= 4 is 47.6 Å². The predicted octanol–water partition coefficient (Wildman–Crippen LogP) is 0.861. The molecule has 0 aromatic heterocycles. The maximum absolute atomic E-state index is 10.9. The molecule has 0 bridgehead atoms. The van der Waals surface area contributed by atoms with Gasteiger partial charge >= 0.3 is 0 Å². The van der Waals surface area contributed by atoms with E-state index in [4.69, 9.17) is 5.73 Å². The lowest BCUT2D eigenvalue weighted by molar-refractivity contribution is -0.119. The number of piperidine rings is 1. The van der Waals surface area contributed by atoms with Crippen LogP contribution in [0.2, 0.25) is 0 Å². The van der Waals surface area contributed by atoms with Gasteiger partial charge in [0.15, 0.2) is 5.96 Å². The summed E-state index contributed by atoms with van der Waals surface area (Å²) in [5.41, 5.74) is 5.23. The molecule has 22 heavy (non-hydrogen) atoms. The van der Waals surface area contributed by atoms with Crippen LogP contribution in [0.15, 0.2) is 4.99 Å². The van der Waals surface area contributed by atoms with Gasteiger partial charge in [-0.05, 0) is 32.9 Å². The van der Waals surface area contributed by atoms with Crippen molar-refractivity contribution in [2.24, 2.45) is 10.7 Å². The number of carbonyl (C=O) groups is 1. The Hall–Kier alpha value is -0.220. The number of rotatable bonds is 6. The number of likely N-dealkylation sites (tertiary alicyclic amines) is 1. The zero-order valence-electron chi connectivity index (χ0n) is 14.0. The first-order valence-electron chi connectivity index (χ1n) is 7.39. The Morgan fingerprint density at radius 3 is 2.45 bits per heavy atom. The molecular weight excluding hydrogens is 413 g/mol. The number of thioether (sulfide) groups is 1. The number of nitrogens with one attached hydrogen (secondary N) is 2. The van der Waals surface area contributed by atoms with E-state index in [1.54, 1.807) is 7.05 Å². The van der Waals surface area contributed by atoms with E-state index in [1.807, 2.05) is 11.8 Å². The van der Waals surface area contributed by atoms with E-state index in [2.05, 4.69) is 40.6 Å². The molecule has 8 heteroatoms. The van der Waals surface area contributed by atoms with E-state index in [9.17, 15) is 4.79 Å². The average Bonchev–Trinajstić information content (AvgIpc) is 2.44. The monoisotopic (exact) mass is 443 g/mol. The van der Waals surface area contributed by atoms with Crippen LogP contribution < -0.4 is 16.4 Å². The summed E-state index contributed by atoms with van der Waals surface area (Å²) in [4.78, 5) is 17.3. The second kappa shape index (κ2) is 10.5. The van der Waals surface area contributed by atoms with Gasteiger partial charge in [-0.15, -0.1) is 24.0 Å². The first kappa shape index (κ1) is 21.8. The lowest BCUT2D eigenvalue weighted by atomic mass is 10.1. The van der Waals surface area contributed by atoms with E-state index in [0.717, 1.165) is 38.4 Å². The van der Waals surface area contributed by atoms with Crippen LogP contribution in [0.5, 0.6) is 0 Å². The minimum absolute atomic E-state index is 0. The SMILES string of the molecule is CN=C(NCC(C)(C)SC)NC1CCN(CC(N)=O)CC1.I. The van der Waals surface area contributed by atoms with Crippen molar-refractivity contribution in [3.05, 3.63) is 0 Å². The molecule has 1 fully saturated rings.